The summed E-state index contributed by atoms with van der Waals surface area (Å²) in [5.74, 6) is -0.629. The number of sulfone groups is 1. The van der Waals surface area contributed by atoms with Crippen LogP contribution in [0, 0.1) is 6.92 Å². The predicted molar refractivity (Wildman–Crippen MR) is 110 cm³/mol. The Balaban J connectivity index is 1.85. The Bertz CT molecular complexity index is 922. The molecule has 0 heterocycles. The Morgan fingerprint density at radius 3 is 2.36 bits per heavy atom. The minimum absolute atomic E-state index is 0.0509. The van der Waals surface area contributed by atoms with Crippen LogP contribution in [0.15, 0.2) is 53.4 Å². The van der Waals surface area contributed by atoms with Crippen molar-refractivity contribution < 1.29 is 18.0 Å². The molecule has 0 unspecified atom stereocenters. The fourth-order valence-corrected chi connectivity index (χ4v) is 3.83. The molecular formula is C21H26N2O4S. The van der Waals surface area contributed by atoms with Crippen LogP contribution in [0.25, 0.3) is 0 Å². The zero-order chi connectivity index (χ0) is 20.6. The average molecular weight is 403 g/mol. The third-order valence-electron chi connectivity index (χ3n) is 4.16. The van der Waals surface area contributed by atoms with Crippen LogP contribution in [0.5, 0.6) is 0 Å². The first-order valence-corrected chi connectivity index (χ1v) is 10.9. The highest BCUT2D eigenvalue weighted by Crippen LogP contribution is 2.14. The average Bonchev–Trinajstić information content (AvgIpc) is 2.65. The Morgan fingerprint density at radius 2 is 1.68 bits per heavy atom. The fourth-order valence-electron chi connectivity index (χ4n) is 2.59. The lowest BCUT2D eigenvalue weighted by atomic mass is 10.2. The van der Waals surface area contributed by atoms with Crippen LogP contribution in [0.2, 0.25) is 0 Å². The van der Waals surface area contributed by atoms with Gasteiger partial charge in [-0.15, -0.1) is 0 Å². The summed E-state index contributed by atoms with van der Waals surface area (Å²) < 4.78 is 24.6. The summed E-state index contributed by atoms with van der Waals surface area (Å²) in [6.07, 6.45) is 1.12. The lowest BCUT2D eigenvalue weighted by Crippen LogP contribution is -2.25. The number of nitrogens with one attached hydrogen (secondary N) is 2. The molecule has 28 heavy (non-hydrogen) atoms. The maximum Gasteiger partial charge on any atom is 0.224 e. The Hall–Kier alpha value is -2.67. The first kappa shape index (κ1) is 21.6. The molecule has 0 radical (unpaired) electrons. The van der Waals surface area contributed by atoms with Gasteiger partial charge in [-0.25, -0.2) is 8.42 Å². The number of carbonyl (C=O) groups is 2. The van der Waals surface area contributed by atoms with Crippen LogP contribution >= 0.6 is 0 Å². The molecule has 0 aromatic heterocycles. The van der Waals surface area contributed by atoms with E-state index in [2.05, 4.69) is 10.6 Å². The highest BCUT2D eigenvalue weighted by atomic mass is 32.2. The van der Waals surface area contributed by atoms with Crippen LogP contribution in [0.1, 0.15) is 37.3 Å². The standard InChI is InChI=1S/C21H26N2O4S/c1-3-5-21(25)23-18-7-4-6-17(14-18)15-22-20(24)12-13-28(26,27)19-10-8-16(2)9-11-19/h4,6-11,14H,3,5,12-13,15H2,1-2H3,(H,22,24)(H,23,25). The van der Waals surface area contributed by atoms with Crippen LogP contribution in [0.3, 0.4) is 0 Å². The summed E-state index contributed by atoms with van der Waals surface area (Å²) in [7, 11) is -3.49. The summed E-state index contributed by atoms with van der Waals surface area (Å²) in [4.78, 5) is 23.9. The van der Waals surface area contributed by atoms with Gasteiger partial charge in [-0.3, -0.25) is 9.59 Å². The molecule has 2 aromatic rings. The van der Waals surface area contributed by atoms with Crippen LogP contribution < -0.4 is 10.6 Å². The van der Waals surface area contributed by atoms with Crippen molar-refractivity contribution in [1.29, 1.82) is 0 Å². The summed E-state index contributed by atoms with van der Waals surface area (Å²) in [5, 5.41) is 5.53. The van der Waals surface area contributed by atoms with E-state index in [0.717, 1.165) is 17.5 Å². The number of rotatable bonds is 9. The third-order valence-corrected chi connectivity index (χ3v) is 5.89. The largest absolute Gasteiger partial charge is 0.352 e. The molecule has 0 saturated heterocycles. The smallest absolute Gasteiger partial charge is 0.224 e. The van der Waals surface area contributed by atoms with E-state index < -0.39 is 9.84 Å². The van der Waals surface area contributed by atoms with E-state index in [9.17, 15) is 18.0 Å². The maximum atomic E-state index is 12.3. The summed E-state index contributed by atoms with van der Waals surface area (Å²) >= 11 is 0. The zero-order valence-electron chi connectivity index (χ0n) is 16.2. The number of benzene rings is 2. The minimum atomic E-state index is -3.49. The molecule has 0 aliphatic heterocycles. The molecule has 0 spiro atoms. The third kappa shape index (κ3) is 6.81. The summed E-state index contributed by atoms with van der Waals surface area (Å²) in [5.41, 5.74) is 2.47. The Labute approximate surface area is 166 Å². The number of aryl methyl sites for hydroxylation is 1. The molecule has 0 saturated carbocycles. The van der Waals surface area contributed by atoms with Crippen LogP contribution in [-0.4, -0.2) is 26.0 Å². The number of carbonyl (C=O) groups excluding carboxylic acids is 2. The van der Waals surface area contributed by atoms with Gasteiger partial charge in [-0.05, 0) is 43.2 Å². The Kier molecular flexibility index (Phi) is 7.75. The highest BCUT2D eigenvalue weighted by Gasteiger charge is 2.16. The highest BCUT2D eigenvalue weighted by molar-refractivity contribution is 7.91. The molecule has 2 rings (SSSR count). The SMILES string of the molecule is CCCC(=O)Nc1cccc(CNC(=O)CCS(=O)(=O)c2ccc(C)cc2)c1. The number of hydrogen-bond acceptors (Lipinski definition) is 4. The van der Waals surface area contributed by atoms with Gasteiger partial charge in [0.15, 0.2) is 9.84 Å². The van der Waals surface area contributed by atoms with E-state index in [1.807, 2.05) is 19.9 Å². The molecule has 0 aliphatic carbocycles. The second kappa shape index (κ2) is 10.0. The van der Waals surface area contributed by atoms with Crippen molar-refractivity contribution in [3.05, 3.63) is 59.7 Å². The molecule has 2 amide bonds. The fraction of sp³-hybridized carbons (Fsp3) is 0.333. The zero-order valence-corrected chi connectivity index (χ0v) is 17.0. The molecule has 7 heteroatoms. The van der Waals surface area contributed by atoms with Gasteiger partial charge in [0.05, 0.1) is 10.6 Å². The molecule has 0 fully saturated rings. The van der Waals surface area contributed by atoms with Gasteiger partial charge >= 0.3 is 0 Å². The lowest BCUT2D eigenvalue weighted by Gasteiger charge is -2.09. The van der Waals surface area contributed by atoms with E-state index in [0.29, 0.717) is 12.1 Å². The Morgan fingerprint density at radius 1 is 0.964 bits per heavy atom. The van der Waals surface area contributed by atoms with Gasteiger partial charge in [0.25, 0.3) is 0 Å². The van der Waals surface area contributed by atoms with E-state index in [1.54, 1.807) is 42.5 Å². The van der Waals surface area contributed by atoms with Crippen LogP contribution in [0.4, 0.5) is 5.69 Å². The molecule has 2 aromatic carbocycles. The van der Waals surface area contributed by atoms with E-state index in [4.69, 9.17) is 0 Å². The maximum absolute atomic E-state index is 12.3. The van der Waals surface area contributed by atoms with Gasteiger partial charge in [-0.1, -0.05) is 36.8 Å². The molecular weight excluding hydrogens is 376 g/mol. The topological polar surface area (TPSA) is 92.3 Å². The van der Waals surface area contributed by atoms with Gasteiger partial charge < -0.3 is 10.6 Å². The first-order valence-electron chi connectivity index (χ1n) is 9.25. The molecule has 0 bridgehead atoms. The normalized spacial score (nSPS) is 11.1. The minimum Gasteiger partial charge on any atom is -0.352 e. The molecule has 6 nitrogen and oxygen atoms in total. The molecule has 150 valence electrons. The quantitative estimate of drug-likeness (QED) is 0.674. The van der Waals surface area contributed by atoms with Gasteiger partial charge in [0.1, 0.15) is 0 Å². The van der Waals surface area contributed by atoms with E-state index in [-0.39, 0.29) is 35.4 Å². The summed E-state index contributed by atoms with van der Waals surface area (Å²) in [6, 6.07) is 13.8. The predicted octanol–water partition coefficient (Wildman–Crippen LogP) is 3.21. The van der Waals surface area contributed by atoms with Crippen molar-refractivity contribution >= 4 is 27.3 Å². The second-order valence-electron chi connectivity index (χ2n) is 6.66. The van der Waals surface area contributed by atoms with Crippen LogP contribution in [-0.2, 0) is 26.0 Å². The van der Waals surface area contributed by atoms with Crippen molar-refractivity contribution in [2.45, 2.75) is 44.6 Å². The first-order chi connectivity index (χ1) is 13.3. The van der Waals surface area contributed by atoms with E-state index >= 15 is 0 Å². The molecule has 0 atom stereocenters. The van der Waals surface area contributed by atoms with Crippen molar-refractivity contribution in [1.82, 2.24) is 5.32 Å². The molecule has 2 N–H and O–H groups in total. The van der Waals surface area contributed by atoms with Gasteiger partial charge in [-0.2, -0.15) is 0 Å². The monoisotopic (exact) mass is 402 g/mol. The van der Waals surface area contributed by atoms with Crippen molar-refractivity contribution in [3.8, 4) is 0 Å². The van der Waals surface area contributed by atoms with Crippen molar-refractivity contribution in [2.75, 3.05) is 11.1 Å². The van der Waals surface area contributed by atoms with E-state index in [1.165, 1.54) is 0 Å². The number of hydrogen-bond donors (Lipinski definition) is 2. The van der Waals surface area contributed by atoms with Gasteiger partial charge in [0, 0.05) is 25.1 Å². The van der Waals surface area contributed by atoms with Crippen molar-refractivity contribution in [2.24, 2.45) is 0 Å². The number of amides is 2. The molecule has 0 aliphatic rings. The second-order valence-corrected chi connectivity index (χ2v) is 8.77. The van der Waals surface area contributed by atoms with Gasteiger partial charge in [0.2, 0.25) is 11.8 Å². The lowest BCUT2D eigenvalue weighted by molar-refractivity contribution is -0.121. The van der Waals surface area contributed by atoms with Crippen molar-refractivity contribution in [3.63, 3.8) is 0 Å². The number of anilines is 1. The summed E-state index contributed by atoms with van der Waals surface area (Å²) in [6.45, 7) is 4.08.